The van der Waals surface area contributed by atoms with Crippen molar-refractivity contribution in [3.05, 3.63) is 34.9 Å². The quantitative estimate of drug-likeness (QED) is 0.903. The van der Waals surface area contributed by atoms with Crippen LogP contribution in [0.1, 0.15) is 62.8 Å². The van der Waals surface area contributed by atoms with E-state index in [-0.39, 0.29) is 12.0 Å². The molecule has 1 aliphatic heterocycles. The summed E-state index contributed by atoms with van der Waals surface area (Å²) in [6.07, 6.45) is 3.42. The summed E-state index contributed by atoms with van der Waals surface area (Å²) in [6, 6.07) is 7.25. The third kappa shape index (κ3) is 3.42. The Labute approximate surface area is 123 Å². The zero-order chi connectivity index (χ0) is 14.8. The highest BCUT2D eigenvalue weighted by molar-refractivity contribution is 5.37. The maximum atomic E-state index is 9.42. The lowest BCUT2D eigenvalue weighted by Gasteiger charge is -2.30. The molecular weight excluding hydrogens is 246 g/mol. The molecule has 1 fully saturated rings. The first kappa shape index (κ1) is 15.5. The molecule has 0 saturated carbocycles. The van der Waals surface area contributed by atoms with Gasteiger partial charge in [-0.15, -0.1) is 0 Å². The summed E-state index contributed by atoms with van der Waals surface area (Å²) in [7, 11) is 0. The topological polar surface area (TPSA) is 23.5 Å². The van der Waals surface area contributed by atoms with Gasteiger partial charge in [0.25, 0.3) is 0 Å². The molecule has 112 valence electrons. The Kier molecular flexibility index (Phi) is 4.87. The summed E-state index contributed by atoms with van der Waals surface area (Å²) in [6.45, 7) is 11.6. The maximum Gasteiger partial charge on any atom is 0.0449 e. The first-order valence-corrected chi connectivity index (χ1v) is 7.89. The van der Waals surface area contributed by atoms with Crippen LogP contribution in [0.2, 0.25) is 0 Å². The third-order valence-electron chi connectivity index (χ3n) is 4.44. The maximum absolute atomic E-state index is 9.42. The van der Waals surface area contributed by atoms with Crippen LogP contribution in [0.25, 0.3) is 0 Å². The average molecular weight is 275 g/mol. The molecule has 1 heterocycles. The molecule has 2 heteroatoms. The van der Waals surface area contributed by atoms with E-state index >= 15 is 0 Å². The average Bonchev–Trinajstić information content (AvgIpc) is 2.89. The lowest BCUT2D eigenvalue weighted by molar-refractivity contribution is 0.185. The molecule has 2 rings (SSSR count). The summed E-state index contributed by atoms with van der Waals surface area (Å²) in [4.78, 5) is 2.54. The minimum atomic E-state index is 0.175. The van der Waals surface area contributed by atoms with E-state index in [0.29, 0.717) is 6.04 Å². The molecule has 0 radical (unpaired) electrons. The monoisotopic (exact) mass is 275 g/mol. The van der Waals surface area contributed by atoms with Crippen molar-refractivity contribution in [1.82, 2.24) is 4.90 Å². The second-order valence-corrected chi connectivity index (χ2v) is 7.10. The van der Waals surface area contributed by atoms with Gasteiger partial charge in [-0.25, -0.2) is 0 Å². The van der Waals surface area contributed by atoms with Gasteiger partial charge in [-0.05, 0) is 61.4 Å². The molecule has 20 heavy (non-hydrogen) atoms. The summed E-state index contributed by atoms with van der Waals surface area (Å²) < 4.78 is 0. The minimum absolute atomic E-state index is 0.175. The minimum Gasteiger partial charge on any atom is -0.396 e. The van der Waals surface area contributed by atoms with Crippen molar-refractivity contribution in [1.29, 1.82) is 0 Å². The molecule has 0 amide bonds. The van der Waals surface area contributed by atoms with Gasteiger partial charge in [-0.1, -0.05) is 39.0 Å². The van der Waals surface area contributed by atoms with Crippen molar-refractivity contribution in [2.75, 3.05) is 19.7 Å². The zero-order valence-corrected chi connectivity index (χ0v) is 13.4. The van der Waals surface area contributed by atoms with Gasteiger partial charge >= 0.3 is 0 Å². The standard InChI is InChI=1S/C18H29NO/c1-14-7-8-15(13-16(14)18(2,3)4)17(9-12-20)19-10-5-6-11-19/h7-8,13,17,20H,5-6,9-12H2,1-4H3. The van der Waals surface area contributed by atoms with Crippen molar-refractivity contribution in [3.63, 3.8) is 0 Å². The molecule has 0 bridgehead atoms. The SMILES string of the molecule is Cc1ccc(C(CCO)N2CCCC2)cc1C(C)(C)C. The number of nitrogens with zero attached hydrogens (tertiary/aromatic N) is 1. The summed E-state index contributed by atoms with van der Waals surface area (Å²) in [5.41, 5.74) is 4.34. The van der Waals surface area contributed by atoms with Crippen molar-refractivity contribution in [3.8, 4) is 0 Å². The fourth-order valence-electron chi connectivity index (χ4n) is 3.39. The van der Waals surface area contributed by atoms with Crippen molar-refractivity contribution < 1.29 is 5.11 Å². The molecule has 1 atom stereocenters. The van der Waals surface area contributed by atoms with Gasteiger partial charge in [-0.3, -0.25) is 4.90 Å². The van der Waals surface area contributed by atoms with E-state index in [9.17, 15) is 5.11 Å². The smallest absolute Gasteiger partial charge is 0.0449 e. The Hall–Kier alpha value is -0.860. The van der Waals surface area contributed by atoms with Gasteiger partial charge in [0.2, 0.25) is 0 Å². The van der Waals surface area contributed by atoms with Gasteiger partial charge in [0.15, 0.2) is 0 Å². The largest absolute Gasteiger partial charge is 0.396 e. The number of hydrogen-bond acceptors (Lipinski definition) is 2. The first-order chi connectivity index (χ1) is 9.43. The molecule has 1 saturated heterocycles. The zero-order valence-electron chi connectivity index (χ0n) is 13.4. The fourth-order valence-corrected chi connectivity index (χ4v) is 3.39. The second-order valence-electron chi connectivity index (χ2n) is 7.10. The summed E-state index contributed by atoms with van der Waals surface area (Å²) in [5.74, 6) is 0. The number of likely N-dealkylation sites (tertiary alicyclic amines) is 1. The number of rotatable bonds is 4. The molecular formula is C18H29NO. The molecule has 0 aliphatic carbocycles. The predicted octanol–water partition coefficient (Wildman–Crippen LogP) is 3.81. The molecule has 2 nitrogen and oxygen atoms in total. The Morgan fingerprint density at radius 1 is 1.20 bits per heavy atom. The van der Waals surface area contributed by atoms with Crippen LogP contribution in [0.4, 0.5) is 0 Å². The molecule has 1 unspecified atom stereocenters. The van der Waals surface area contributed by atoms with Gasteiger partial charge in [0.1, 0.15) is 0 Å². The van der Waals surface area contributed by atoms with Crippen LogP contribution < -0.4 is 0 Å². The normalized spacial score (nSPS) is 18.4. The van der Waals surface area contributed by atoms with Crippen LogP contribution in [0.3, 0.4) is 0 Å². The Balaban J connectivity index is 2.33. The van der Waals surface area contributed by atoms with Gasteiger partial charge in [0, 0.05) is 12.6 Å². The predicted molar refractivity (Wildman–Crippen MR) is 85.1 cm³/mol. The van der Waals surface area contributed by atoms with E-state index in [1.54, 1.807) is 0 Å². The van der Waals surface area contributed by atoms with Crippen LogP contribution in [-0.4, -0.2) is 29.7 Å². The molecule has 1 aromatic rings. The second kappa shape index (κ2) is 6.28. The molecule has 0 spiro atoms. The van der Waals surface area contributed by atoms with E-state index in [1.165, 1.54) is 42.6 Å². The Bertz CT molecular complexity index is 441. The van der Waals surface area contributed by atoms with E-state index in [1.807, 2.05) is 0 Å². The van der Waals surface area contributed by atoms with Crippen LogP contribution in [0.15, 0.2) is 18.2 Å². The van der Waals surface area contributed by atoms with E-state index in [4.69, 9.17) is 0 Å². The highest BCUT2D eigenvalue weighted by Gasteiger charge is 2.25. The van der Waals surface area contributed by atoms with Gasteiger partial charge in [-0.2, -0.15) is 0 Å². The summed E-state index contributed by atoms with van der Waals surface area (Å²) >= 11 is 0. The van der Waals surface area contributed by atoms with Crippen LogP contribution >= 0.6 is 0 Å². The van der Waals surface area contributed by atoms with Crippen LogP contribution in [-0.2, 0) is 5.41 Å². The van der Waals surface area contributed by atoms with Crippen molar-refractivity contribution >= 4 is 0 Å². The molecule has 0 aromatic heterocycles. The number of benzene rings is 1. The number of aliphatic hydroxyl groups is 1. The fraction of sp³-hybridized carbons (Fsp3) is 0.667. The van der Waals surface area contributed by atoms with Gasteiger partial charge in [0.05, 0.1) is 0 Å². The lowest BCUT2D eigenvalue weighted by atomic mass is 9.82. The Morgan fingerprint density at radius 3 is 2.40 bits per heavy atom. The third-order valence-corrected chi connectivity index (χ3v) is 4.44. The number of aliphatic hydroxyl groups excluding tert-OH is 1. The highest BCUT2D eigenvalue weighted by Crippen LogP contribution is 2.33. The molecule has 1 aromatic carbocycles. The van der Waals surface area contributed by atoms with Crippen molar-refractivity contribution in [2.24, 2.45) is 0 Å². The Morgan fingerprint density at radius 2 is 1.85 bits per heavy atom. The van der Waals surface area contributed by atoms with Gasteiger partial charge < -0.3 is 5.11 Å². The number of aryl methyl sites for hydroxylation is 1. The van der Waals surface area contributed by atoms with E-state index in [0.717, 1.165) is 6.42 Å². The van der Waals surface area contributed by atoms with Crippen molar-refractivity contribution in [2.45, 2.75) is 58.4 Å². The molecule has 1 N–H and O–H groups in total. The van der Waals surface area contributed by atoms with Crippen LogP contribution in [0, 0.1) is 6.92 Å². The highest BCUT2D eigenvalue weighted by atomic mass is 16.3. The van der Waals surface area contributed by atoms with E-state index in [2.05, 4.69) is 50.8 Å². The number of hydrogen-bond donors (Lipinski definition) is 1. The van der Waals surface area contributed by atoms with Crippen LogP contribution in [0.5, 0.6) is 0 Å². The van der Waals surface area contributed by atoms with E-state index < -0.39 is 0 Å². The molecule has 1 aliphatic rings. The summed E-state index contributed by atoms with van der Waals surface area (Å²) in [5, 5.41) is 9.42. The lowest BCUT2D eigenvalue weighted by Crippen LogP contribution is -2.27. The first-order valence-electron chi connectivity index (χ1n) is 7.89.